The van der Waals surface area contributed by atoms with Gasteiger partial charge in [-0.15, -0.1) is 0 Å². The zero-order valence-electron chi connectivity index (χ0n) is 17.2. The van der Waals surface area contributed by atoms with Crippen LogP contribution in [0.1, 0.15) is 74.1 Å². The van der Waals surface area contributed by atoms with Gasteiger partial charge < -0.3 is 14.2 Å². The van der Waals surface area contributed by atoms with Crippen LogP contribution in [0.25, 0.3) is 0 Å². The standard InChI is InChI=1S/C18H31NO8/c1-8-25-15(22)18(19(23)24,11-9-13(20)26-16(2,3)4)12-10-14(21)27-17(5,6)7/h8-12H2,1-7H3. The molecule has 9 nitrogen and oxygen atoms in total. The quantitative estimate of drug-likeness (QED) is 0.255. The molecule has 156 valence electrons. The van der Waals surface area contributed by atoms with Gasteiger partial charge in [0.1, 0.15) is 11.2 Å². The predicted molar refractivity (Wildman–Crippen MR) is 96.5 cm³/mol. The van der Waals surface area contributed by atoms with E-state index in [9.17, 15) is 24.5 Å². The molecule has 0 bridgehead atoms. The Morgan fingerprint density at radius 1 is 0.852 bits per heavy atom. The Labute approximate surface area is 159 Å². The molecule has 9 heteroatoms. The van der Waals surface area contributed by atoms with Crippen molar-refractivity contribution in [2.75, 3.05) is 6.61 Å². The van der Waals surface area contributed by atoms with E-state index in [0.29, 0.717) is 0 Å². The second-order valence-corrected chi connectivity index (χ2v) is 8.18. The molecule has 0 aromatic rings. The molecule has 0 heterocycles. The Balaban J connectivity index is 5.36. The first-order chi connectivity index (χ1) is 12.1. The van der Waals surface area contributed by atoms with E-state index in [4.69, 9.17) is 14.2 Å². The van der Waals surface area contributed by atoms with E-state index in [-0.39, 0.29) is 19.4 Å². The van der Waals surface area contributed by atoms with Gasteiger partial charge >= 0.3 is 23.4 Å². The summed E-state index contributed by atoms with van der Waals surface area (Å²) in [5, 5.41) is 11.7. The van der Waals surface area contributed by atoms with E-state index in [2.05, 4.69) is 0 Å². The summed E-state index contributed by atoms with van der Waals surface area (Å²) in [6, 6.07) is 0. The number of hydrogen-bond acceptors (Lipinski definition) is 8. The summed E-state index contributed by atoms with van der Waals surface area (Å²) in [5.74, 6) is -2.42. The van der Waals surface area contributed by atoms with Crippen LogP contribution in [0.4, 0.5) is 0 Å². The monoisotopic (exact) mass is 389 g/mol. The fourth-order valence-electron chi connectivity index (χ4n) is 2.25. The van der Waals surface area contributed by atoms with Gasteiger partial charge in [0, 0.05) is 17.8 Å². The first-order valence-electron chi connectivity index (χ1n) is 8.88. The van der Waals surface area contributed by atoms with Crippen molar-refractivity contribution in [3.8, 4) is 0 Å². The summed E-state index contributed by atoms with van der Waals surface area (Å²) in [5.41, 5.74) is -3.73. The molecule has 0 aliphatic heterocycles. The highest BCUT2D eigenvalue weighted by Crippen LogP contribution is 2.27. The number of esters is 3. The molecule has 0 rings (SSSR count). The minimum atomic E-state index is -2.22. The smallest absolute Gasteiger partial charge is 0.384 e. The summed E-state index contributed by atoms with van der Waals surface area (Å²) in [7, 11) is 0. The van der Waals surface area contributed by atoms with Crippen LogP contribution in [-0.4, -0.2) is 46.2 Å². The maximum atomic E-state index is 12.3. The molecule has 0 radical (unpaired) electrons. The number of ether oxygens (including phenoxy) is 3. The second-order valence-electron chi connectivity index (χ2n) is 8.18. The third kappa shape index (κ3) is 9.35. The Hall–Kier alpha value is -2.19. The van der Waals surface area contributed by atoms with Gasteiger partial charge in [-0.05, 0) is 48.5 Å². The maximum absolute atomic E-state index is 12.3. The molecule has 0 saturated carbocycles. The highest BCUT2D eigenvalue weighted by atomic mass is 16.6. The molecule has 0 aromatic carbocycles. The average molecular weight is 389 g/mol. The maximum Gasteiger partial charge on any atom is 0.384 e. The lowest BCUT2D eigenvalue weighted by Gasteiger charge is -2.25. The van der Waals surface area contributed by atoms with Gasteiger partial charge in [-0.1, -0.05) is 0 Å². The Kier molecular flexibility index (Phi) is 8.88. The van der Waals surface area contributed by atoms with E-state index in [1.165, 1.54) is 6.92 Å². The van der Waals surface area contributed by atoms with Crippen LogP contribution in [-0.2, 0) is 28.6 Å². The van der Waals surface area contributed by atoms with Crippen molar-refractivity contribution in [1.82, 2.24) is 0 Å². The molecule has 0 saturated heterocycles. The molecule has 0 aliphatic carbocycles. The number of carbonyl (C=O) groups is 3. The number of hydrogen-bond donors (Lipinski definition) is 0. The van der Waals surface area contributed by atoms with Crippen molar-refractivity contribution in [2.45, 2.75) is 90.9 Å². The lowest BCUT2D eigenvalue weighted by Crippen LogP contribution is -2.48. The number of nitro groups is 1. The van der Waals surface area contributed by atoms with Crippen LogP contribution >= 0.6 is 0 Å². The Bertz CT molecular complexity index is 525. The predicted octanol–water partition coefficient (Wildman–Crippen LogP) is 2.81. The van der Waals surface area contributed by atoms with Crippen molar-refractivity contribution in [3.05, 3.63) is 10.1 Å². The molecular weight excluding hydrogens is 358 g/mol. The second kappa shape index (κ2) is 9.66. The normalized spacial score (nSPS) is 12.3. The van der Waals surface area contributed by atoms with Crippen LogP contribution in [0.5, 0.6) is 0 Å². The Morgan fingerprint density at radius 2 is 1.22 bits per heavy atom. The molecule has 27 heavy (non-hydrogen) atoms. The lowest BCUT2D eigenvalue weighted by molar-refractivity contribution is -0.557. The third-order valence-corrected chi connectivity index (χ3v) is 3.33. The van der Waals surface area contributed by atoms with Gasteiger partial charge in [-0.3, -0.25) is 19.7 Å². The summed E-state index contributed by atoms with van der Waals surface area (Å²) < 4.78 is 15.1. The largest absolute Gasteiger partial charge is 0.461 e. The minimum absolute atomic E-state index is 0.0622. The fourth-order valence-corrected chi connectivity index (χ4v) is 2.25. The molecule has 0 spiro atoms. The van der Waals surface area contributed by atoms with Gasteiger partial charge in [0.15, 0.2) is 0 Å². The van der Waals surface area contributed by atoms with Crippen molar-refractivity contribution >= 4 is 17.9 Å². The van der Waals surface area contributed by atoms with Crippen LogP contribution in [0.3, 0.4) is 0 Å². The van der Waals surface area contributed by atoms with Crippen molar-refractivity contribution < 1.29 is 33.5 Å². The number of rotatable bonds is 9. The molecule has 0 aromatic heterocycles. The average Bonchev–Trinajstić information content (AvgIpc) is 2.43. The fraction of sp³-hybridized carbons (Fsp3) is 0.833. The summed E-state index contributed by atoms with van der Waals surface area (Å²) in [4.78, 5) is 47.2. The molecule has 0 unspecified atom stereocenters. The first kappa shape index (κ1) is 24.8. The highest BCUT2D eigenvalue weighted by Gasteiger charge is 2.52. The Morgan fingerprint density at radius 3 is 1.48 bits per heavy atom. The van der Waals surface area contributed by atoms with E-state index in [1.807, 2.05) is 0 Å². The van der Waals surface area contributed by atoms with Gasteiger partial charge in [0.25, 0.3) is 0 Å². The minimum Gasteiger partial charge on any atom is -0.461 e. The van der Waals surface area contributed by atoms with Crippen LogP contribution < -0.4 is 0 Å². The SMILES string of the molecule is CCOC(=O)C(CCC(=O)OC(C)(C)C)(CCC(=O)OC(C)(C)C)[N+](=O)[O-]. The molecule has 0 N–H and O–H groups in total. The first-order valence-corrected chi connectivity index (χ1v) is 8.88. The lowest BCUT2D eigenvalue weighted by atomic mass is 9.88. The summed E-state index contributed by atoms with van der Waals surface area (Å²) in [6.07, 6.45) is -1.58. The zero-order valence-corrected chi connectivity index (χ0v) is 17.2. The highest BCUT2D eigenvalue weighted by molar-refractivity contribution is 5.81. The number of carbonyl (C=O) groups excluding carboxylic acids is 3. The topological polar surface area (TPSA) is 122 Å². The van der Waals surface area contributed by atoms with Crippen LogP contribution in [0.15, 0.2) is 0 Å². The van der Waals surface area contributed by atoms with E-state index in [0.717, 1.165) is 0 Å². The molecule has 0 atom stereocenters. The van der Waals surface area contributed by atoms with Gasteiger partial charge in [-0.2, -0.15) is 0 Å². The van der Waals surface area contributed by atoms with E-state index < -0.39 is 52.4 Å². The van der Waals surface area contributed by atoms with Gasteiger partial charge in [0.2, 0.25) is 0 Å². The van der Waals surface area contributed by atoms with Crippen LogP contribution in [0.2, 0.25) is 0 Å². The van der Waals surface area contributed by atoms with Crippen molar-refractivity contribution in [2.24, 2.45) is 0 Å². The molecule has 0 aliphatic rings. The van der Waals surface area contributed by atoms with E-state index >= 15 is 0 Å². The van der Waals surface area contributed by atoms with Gasteiger partial charge in [-0.25, -0.2) is 4.79 Å². The van der Waals surface area contributed by atoms with Crippen LogP contribution in [0, 0.1) is 10.1 Å². The molecule has 0 fully saturated rings. The summed E-state index contributed by atoms with van der Waals surface area (Å²) in [6.45, 7) is 11.5. The molecular formula is C18H31NO8. The number of nitrogens with zero attached hydrogens (tertiary/aromatic N) is 1. The third-order valence-electron chi connectivity index (χ3n) is 3.33. The van der Waals surface area contributed by atoms with E-state index in [1.54, 1.807) is 41.5 Å². The summed E-state index contributed by atoms with van der Waals surface area (Å²) >= 11 is 0. The zero-order chi connectivity index (χ0) is 21.5. The van der Waals surface area contributed by atoms with Gasteiger partial charge in [0.05, 0.1) is 19.4 Å². The van der Waals surface area contributed by atoms with Crippen molar-refractivity contribution in [1.29, 1.82) is 0 Å². The molecule has 0 amide bonds. The van der Waals surface area contributed by atoms with Crippen molar-refractivity contribution in [3.63, 3.8) is 0 Å².